The highest BCUT2D eigenvalue weighted by atomic mass is 32.2. The molecule has 2 aromatic carbocycles. The lowest BCUT2D eigenvalue weighted by molar-refractivity contribution is -0.115. The smallest absolute Gasteiger partial charge is 0.262 e. The third-order valence-corrected chi connectivity index (χ3v) is 6.87. The number of carbonyl (C=O) groups excluding carboxylic acids is 1. The minimum Gasteiger partial charge on any atom is -0.372 e. The minimum absolute atomic E-state index is 0.0558. The van der Waals surface area contributed by atoms with Gasteiger partial charge in [-0.05, 0) is 76.4 Å². The van der Waals surface area contributed by atoms with E-state index in [-0.39, 0.29) is 17.5 Å². The van der Waals surface area contributed by atoms with E-state index < -0.39 is 5.25 Å². The zero-order chi connectivity index (χ0) is 22.7. The number of fused-ring (bicyclic) bond motifs is 1. The van der Waals surface area contributed by atoms with Crippen molar-refractivity contribution in [1.29, 1.82) is 0 Å². The topological polar surface area (TPSA) is 67.2 Å². The van der Waals surface area contributed by atoms with Crippen LogP contribution >= 0.6 is 11.8 Å². The Labute approximate surface area is 193 Å². The Morgan fingerprint density at radius 2 is 1.69 bits per heavy atom. The molecular formula is C25H30N4O2S. The molecule has 1 amide bonds. The number of aromatic nitrogens is 2. The Morgan fingerprint density at radius 1 is 1.00 bits per heavy atom. The molecule has 1 aliphatic rings. The first kappa shape index (κ1) is 22.4. The van der Waals surface area contributed by atoms with E-state index in [0.29, 0.717) is 16.1 Å². The normalized spacial score (nSPS) is 15.2. The number of nitrogens with zero attached hydrogens (tertiary/aromatic N) is 3. The third-order valence-electron chi connectivity index (χ3n) is 5.80. The summed E-state index contributed by atoms with van der Waals surface area (Å²) >= 11 is 1.31. The van der Waals surface area contributed by atoms with E-state index in [2.05, 4.69) is 22.3 Å². The zero-order valence-electron chi connectivity index (χ0n) is 18.9. The molecule has 1 atom stereocenters. The number of piperidine rings is 1. The van der Waals surface area contributed by atoms with Gasteiger partial charge in [-0.3, -0.25) is 14.2 Å². The molecule has 1 N–H and O–H groups in total. The summed E-state index contributed by atoms with van der Waals surface area (Å²) in [5.74, 6) is -0.113. The number of benzene rings is 2. The van der Waals surface area contributed by atoms with E-state index >= 15 is 0 Å². The van der Waals surface area contributed by atoms with Gasteiger partial charge in [-0.2, -0.15) is 0 Å². The van der Waals surface area contributed by atoms with Crippen molar-refractivity contribution < 1.29 is 4.79 Å². The number of carbonyl (C=O) groups is 1. The van der Waals surface area contributed by atoms with Crippen LogP contribution in [0.1, 0.15) is 46.1 Å². The molecule has 7 heteroatoms. The molecule has 32 heavy (non-hydrogen) atoms. The van der Waals surface area contributed by atoms with Gasteiger partial charge in [0.05, 0.1) is 16.2 Å². The number of nitrogens with one attached hydrogen (secondary N) is 1. The maximum absolute atomic E-state index is 13.0. The number of hydrogen-bond donors (Lipinski definition) is 1. The van der Waals surface area contributed by atoms with Crippen molar-refractivity contribution in [1.82, 2.24) is 9.55 Å². The van der Waals surface area contributed by atoms with E-state index in [0.717, 1.165) is 18.8 Å². The van der Waals surface area contributed by atoms with E-state index in [1.807, 2.05) is 51.1 Å². The number of rotatable bonds is 6. The van der Waals surface area contributed by atoms with Crippen molar-refractivity contribution in [2.45, 2.75) is 56.5 Å². The van der Waals surface area contributed by atoms with Gasteiger partial charge in [0.15, 0.2) is 5.16 Å². The van der Waals surface area contributed by atoms with Crippen LogP contribution in [0.3, 0.4) is 0 Å². The van der Waals surface area contributed by atoms with Gasteiger partial charge < -0.3 is 10.2 Å². The Kier molecular flexibility index (Phi) is 6.84. The van der Waals surface area contributed by atoms with Gasteiger partial charge in [0.1, 0.15) is 0 Å². The molecule has 3 aromatic rings. The van der Waals surface area contributed by atoms with E-state index in [9.17, 15) is 9.59 Å². The lowest BCUT2D eigenvalue weighted by atomic mass is 10.1. The van der Waals surface area contributed by atoms with Crippen LogP contribution < -0.4 is 15.8 Å². The molecule has 1 aliphatic heterocycles. The zero-order valence-corrected chi connectivity index (χ0v) is 19.7. The Bertz CT molecular complexity index is 1150. The van der Waals surface area contributed by atoms with E-state index in [4.69, 9.17) is 4.98 Å². The number of para-hydroxylation sites is 1. The van der Waals surface area contributed by atoms with Crippen LogP contribution in [0, 0.1) is 0 Å². The van der Waals surface area contributed by atoms with Gasteiger partial charge in [-0.1, -0.05) is 23.9 Å². The minimum atomic E-state index is -0.408. The van der Waals surface area contributed by atoms with Crippen LogP contribution in [-0.2, 0) is 4.79 Å². The summed E-state index contributed by atoms with van der Waals surface area (Å²) < 4.78 is 1.67. The Balaban J connectivity index is 1.48. The monoisotopic (exact) mass is 450 g/mol. The molecule has 0 aliphatic carbocycles. The summed E-state index contributed by atoms with van der Waals surface area (Å²) in [6, 6.07) is 15.3. The highest BCUT2D eigenvalue weighted by Gasteiger charge is 2.21. The quantitative estimate of drug-likeness (QED) is 0.419. The van der Waals surface area contributed by atoms with Crippen LogP contribution in [0.5, 0.6) is 0 Å². The first-order valence-electron chi connectivity index (χ1n) is 11.3. The number of amides is 1. The standard InChI is InChI=1S/C25H30N4O2S/c1-17(2)29-24(31)21-9-5-6-10-22(21)27-25(29)32-18(3)23(30)26-19-11-13-20(14-12-19)28-15-7-4-8-16-28/h5-6,9-14,17-18H,4,7-8,15-16H2,1-3H3,(H,26,30). The molecule has 0 radical (unpaired) electrons. The number of hydrogen-bond acceptors (Lipinski definition) is 5. The lowest BCUT2D eigenvalue weighted by Crippen LogP contribution is -2.29. The fourth-order valence-corrected chi connectivity index (χ4v) is 5.07. The molecular weight excluding hydrogens is 420 g/mol. The Hall–Kier alpha value is -2.80. The van der Waals surface area contributed by atoms with Crippen molar-refractivity contribution in [3.8, 4) is 0 Å². The summed E-state index contributed by atoms with van der Waals surface area (Å²) in [5, 5.41) is 3.75. The summed E-state index contributed by atoms with van der Waals surface area (Å²) in [6.07, 6.45) is 3.77. The van der Waals surface area contributed by atoms with Gasteiger partial charge in [0.25, 0.3) is 5.56 Å². The van der Waals surface area contributed by atoms with Gasteiger partial charge in [-0.25, -0.2) is 4.98 Å². The highest BCUT2D eigenvalue weighted by molar-refractivity contribution is 8.00. The number of thioether (sulfide) groups is 1. The van der Waals surface area contributed by atoms with Crippen LogP contribution in [0.4, 0.5) is 11.4 Å². The van der Waals surface area contributed by atoms with Crippen LogP contribution in [0.15, 0.2) is 58.5 Å². The molecule has 6 nitrogen and oxygen atoms in total. The molecule has 168 valence electrons. The summed E-state index contributed by atoms with van der Waals surface area (Å²) in [7, 11) is 0. The molecule has 0 spiro atoms. The first-order chi connectivity index (χ1) is 15.4. The SMILES string of the molecule is CC(Sc1nc2ccccc2c(=O)n1C(C)C)C(=O)Nc1ccc(N2CCCCC2)cc1. The predicted molar refractivity (Wildman–Crippen MR) is 133 cm³/mol. The fraction of sp³-hybridized carbons (Fsp3) is 0.400. The van der Waals surface area contributed by atoms with Crippen molar-refractivity contribution in [2.24, 2.45) is 0 Å². The molecule has 0 saturated carbocycles. The molecule has 1 aromatic heterocycles. The van der Waals surface area contributed by atoms with Crippen molar-refractivity contribution >= 4 is 39.9 Å². The van der Waals surface area contributed by atoms with Crippen LogP contribution in [0.2, 0.25) is 0 Å². The van der Waals surface area contributed by atoms with Gasteiger partial charge >= 0.3 is 0 Å². The fourth-order valence-electron chi connectivity index (χ4n) is 4.03. The van der Waals surface area contributed by atoms with Gasteiger partial charge in [0.2, 0.25) is 5.91 Å². The van der Waals surface area contributed by atoms with Gasteiger partial charge in [-0.15, -0.1) is 0 Å². The lowest BCUT2D eigenvalue weighted by Gasteiger charge is -2.28. The molecule has 1 fully saturated rings. The molecule has 0 bridgehead atoms. The Morgan fingerprint density at radius 3 is 2.38 bits per heavy atom. The molecule has 2 heterocycles. The maximum Gasteiger partial charge on any atom is 0.262 e. The summed E-state index contributed by atoms with van der Waals surface area (Å²) in [4.78, 5) is 33.0. The van der Waals surface area contributed by atoms with Crippen molar-refractivity contribution in [2.75, 3.05) is 23.3 Å². The summed E-state index contributed by atoms with van der Waals surface area (Å²) in [6.45, 7) is 7.94. The van der Waals surface area contributed by atoms with Crippen LogP contribution in [-0.4, -0.2) is 33.8 Å². The number of anilines is 2. The second kappa shape index (κ2) is 9.77. The van der Waals surface area contributed by atoms with Crippen molar-refractivity contribution in [3.05, 3.63) is 58.9 Å². The average molecular weight is 451 g/mol. The van der Waals surface area contributed by atoms with Crippen molar-refractivity contribution in [3.63, 3.8) is 0 Å². The third kappa shape index (κ3) is 4.83. The largest absolute Gasteiger partial charge is 0.372 e. The van der Waals surface area contributed by atoms with E-state index in [1.165, 1.54) is 36.7 Å². The molecule has 1 saturated heterocycles. The molecule has 1 unspecified atom stereocenters. The highest BCUT2D eigenvalue weighted by Crippen LogP contribution is 2.26. The predicted octanol–water partition coefficient (Wildman–Crippen LogP) is 5.09. The van der Waals surface area contributed by atoms with Gasteiger partial charge in [0, 0.05) is 30.5 Å². The van der Waals surface area contributed by atoms with E-state index in [1.54, 1.807) is 10.6 Å². The second-order valence-electron chi connectivity index (χ2n) is 8.52. The van der Waals surface area contributed by atoms with Crippen LogP contribution in [0.25, 0.3) is 10.9 Å². The molecule has 4 rings (SSSR count). The second-order valence-corrected chi connectivity index (χ2v) is 9.83. The first-order valence-corrected chi connectivity index (χ1v) is 12.2. The average Bonchev–Trinajstić information content (AvgIpc) is 2.80. The maximum atomic E-state index is 13.0. The summed E-state index contributed by atoms with van der Waals surface area (Å²) in [5.41, 5.74) is 2.55.